The molecule has 0 bridgehead atoms. The number of rotatable bonds is 3. The third-order valence-electron chi connectivity index (χ3n) is 3.37. The molecule has 2 aromatic carbocycles. The van der Waals surface area contributed by atoms with Crippen LogP contribution >= 0.6 is 0 Å². The highest BCUT2D eigenvalue weighted by Crippen LogP contribution is 2.36. The van der Waals surface area contributed by atoms with Crippen molar-refractivity contribution >= 4 is 17.5 Å². The Hall–Kier alpha value is -2.76. The van der Waals surface area contributed by atoms with Gasteiger partial charge in [0.05, 0.1) is 16.8 Å². The Morgan fingerprint density at radius 3 is 2.14 bits per heavy atom. The highest BCUT2D eigenvalue weighted by Gasteiger charge is 2.38. The standard InChI is InChI=1S/C16H11F2NO3/c1-9-6-7-13(22-16(17)18)12(8-9)19-14(20)10-4-2-3-5-11(10)15(19)21/h2-8,16H,1H3. The molecule has 3 rings (SSSR count). The minimum atomic E-state index is -3.04. The van der Waals surface area contributed by atoms with Gasteiger partial charge in [0, 0.05) is 0 Å². The fourth-order valence-electron chi connectivity index (χ4n) is 2.41. The second kappa shape index (κ2) is 5.22. The number of hydrogen-bond donors (Lipinski definition) is 0. The molecule has 0 aliphatic carbocycles. The number of halogens is 2. The van der Waals surface area contributed by atoms with Crippen LogP contribution in [0.15, 0.2) is 42.5 Å². The number of fused-ring (bicyclic) bond motifs is 1. The van der Waals surface area contributed by atoms with E-state index < -0.39 is 18.4 Å². The largest absolute Gasteiger partial charge is 0.433 e. The van der Waals surface area contributed by atoms with Gasteiger partial charge in [0.2, 0.25) is 0 Å². The first kappa shape index (κ1) is 14.2. The topological polar surface area (TPSA) is 46.6 Å². The molecule has 22 heavy (non-hydrogen) atoms. The van der Waals surface area contributed by atoms with E-state index in [0.717, 1.165) is 4.90 Å². The van der Waals surface area contributed by atoms with E-state index in [1.165, 1.54) is 24.3 Å². The predicted octanol–water partition coefficient (Wildman–Crippen LogP) is 3.40. The molecule has 0 saturated carbocycles. The van der Waals surface area contributed by atoms with Crippen LogP contribution in [0.25, 0.3) is 0 Å². The number of amides is 2. The van der Waals surface area contributed by atoms with Gasteiger partial charge >= 0.3 is 6.61 Å². The van der Waals surface area contributed by atoms with Crippen LogP contribution in [0, 0.1) is 6.92 Å². The van der Waals surface area contributed by atoms with Crippen LogP contribution in [-0.4, -0.2) is 18.4 Å². The van der Waals surface area contributed by atoms with Crippen molar-refractivity contribution in [3.05, 3.63) is 59.2 Å². The molecular weight excluding hydrogens is 292 g/mol. The Labute approximate surface area is 124 Å². The smallest absolute Gasteiger partial charge is 0.387 e. The van der Waals surface area contributed by atoms with Crippen LogP contribution in [0.3, 0.4) is 0 Å². The molecule has 2 aromatic rings. The quantitative estimate of drug-likeness (QED) is 0.816. The number of anilines is 1. The molecule has 112 valence electrons. The van der Waals surface area contributed by atoms with Gasteiger partial charge in [-0.3, -0.25) is 9.59 Å². The van der Waals surface area contributed by atoms with Crippen LogP contribution in [0.5, 0.6) is 5.75 Å². The molecule has 1 heterocycles. The van der Waals surface area contributed by atoms with Crippen molar-refractivity contribution in [1.82, 2.24) is 0 Å². The van der Waals surface area contributed by atoms with Gasteiger partial charge in [-0.25, -0.2) is 4.90 Å². The number of nitrogens with zero attached hydrogens (tertiary/aromatic N) is 1. The molecule has 0 radical (unpaired) electrons. The fourth-order valence-corrected chi connectivity index (χ4v) is 2.41. The monoisotopic (exact) mass is 303 g/mol. The fraction of sp³-hybridized carbons (Fsp3) is 0.125. The van der Waals surface area contributed by atoms with Gasteiger partial charge in [-0.05, 0) is 36.8 Å². The van der Waals surface area contributed by atoms with E-state index >= 15 is 0 Å². The van der Waals surface area contributed by atoms with Crippen LogP contribution in [0.2, 0.25) is 0 Å². The number of imide groups is 1. The molecular formula is C16H11F2NO3. The molecule has 6 heteroatoms. The summed E-state index contributed by atoms with van der Waals surface area (Å²) in [6.07, 6.45) is 0. The molecule has 1 aliphatic rings. The van der Waals surface area contributed by atoms with Crippen molar-refractivity contribution < 1.29 is 23.1 Å². The Balaban J connectivity index is 2.11. The number of carbonyl (C=O) groups is 2. The predicted molar refractivity (Wildman–Crippen MR) is 75.4 cm³/mol. The van der Waals surface area contributed by atoms with Crippen molar-refractivity contribution in [2.75, 3.05) is 4.90 Å². The normalized spacial score (nSPS) is 13.7. The van der Waals surface area contributed by atoms with Crippen molar-refractivity contribution in [3.63, 3.8) is 0 Å². The SMILES string of the molecule is Cc1ccc(OC(F)F)c(N2C(=O)c3ccccc3C2=O)c1. The third-order valence-corrected chi connectivity index (χ3v) is 3.37. The van der Waals surface area contributed by atoms with Crippen molar-refractivity contribution in [3.8, 4) is 5.75 Å². The first-order chi connectivity index (χ1) is 10.5. The lowest BCUT2D eigenvalue weighted by Crippen LogP contribution is -2.30. The maximum atomic E-state index is 12.5. The Kier molecular flexibility index (Phi) is 3.36. The Morgan fingerprint density at radius 1 is 1.00 bits per heavy atom. The summed E-state index contributed by atoms with van der Waals surface area (Å²) in [5.74, 6) is -1.31. The molecule has 0 fully saturated rings. The summed E-state index contributed by atoms with van der Waals surface area (Å²) in [6, 6.07) is 10.7. The summed E-state index contributed by atoms with van der Waals surface area (Å²) in [4.78, 5) is 25.7. The van der Waals surface area contributed by atoms with Crippen molar-refractivity contribution in [2.45, 2.75) is 13.5 Å². The Morgan fingerprint density at radius 2 is 1.59 bits per heavy atom. The third kappa shape index (κ3) is 2.22. The second-order valence-corrected chi connectivity index (χ2v) is 4.84. The number of aryl methyl sites for hydroxylation is 1. The van der Waals surface area contributed by atoms with Gasteiger partial charge < -0.3 is 4.74 Å². The van der Waals surface area contributed by atoms with E-state index in [1.807, 2.05) is 0 Å². The van der Waals surface area contributed by atoms with E-state index in [2.05, 4.69) is 4.74 Å². The lowest BCUT2D eigenvalue weighted by molar-refractivity contribution is -0.0495. The average Bonchev–Trinajstić information content (AvgIpc) is 2.73. The summed E-state index contributed by atoms with van der Waals surface area (Å²) < 4.78 is 29.5. The van der Waals surface area contributed by atoms with E-state index in [0.29, 0.717) is 5.56 Å². The van der Waals surface area contributed by atoms with Crippen LogP contribution in [-0.2, 0) is 0 Å². The molecule has 4 nitrogen and oxygen atoms in total. The maximum Gasteiger partial charge on any atom is 0.387 e. The van der Waals surface area contributed by atoms with Gasteiger partial charge in [-0.15, -0.1) is 0 Å². The van der Waals surface area contributed by atoms with Crippen LogP contribution in [0.1, 0.15) is 26.3 Å². The molecule has 0 spiro atoms. The summed E-state index contributed by atoms with van der Waals surface area (Å²) in [5.41, 5.74) is 1.23. The first-order valence-electron chi connectivity index (χ1n) is 6.52. The van der Waals surface area contributed by atoms with Gasteiger partial charge in [0.25, 0.3) is 11.8 Å². The lowest BCUT2D eigenvalue weighted by Gasteiger charge is -2.18. The molecule has 0 atom stereocenters. The first-order valence-corrected chi connectivity index (χ1v) is 6.52. The average molecular weight is 303 g/mol. The minimum Gasteiger partial charge on any atom is -0.433 e. The number of benzene rings is 2. The molecule has 0 saturated heterocycles. The number of ether oxygens (including phenoxy) is 1. The zero-order valence-corrected chi connectivity index (χ0v) is 11.5. The van der Waals surface area contributed by atoms with Gasteiger partial charge in [0.15, 0.2) is 0 Å². The maximum absolute atomic E-state index is 12.5. The Bertz CT molecular complexity index is 739. The molecule has 0 unspecified atom stereocenters. The molecule has 0 aromatic heterocycles. The summed E-state index contributed by atoms with van der Waals surface area (Å²) in [5, 5.41) is 0. The van der Waals surface area contributed by atoms with Crippen molar-refractivity contribution in [2.24, 2.45) is 0 Å². The minimum absolute atomic E-state index is 0.0199. The zero-order valence-electron chi connectivity index (χ0n) is 11.5. The van der Waals surface area contributed by atoms with Gasteiger partial charge in [-0.1, -0.05) is 18.2 Å². The van der Waals surface area contributed by atoms with Crippen LogP contribution in [0.4, 0.5) is 14.5 Å². The summed E-state index contributed by atoms with van der Waals surface area (Å²) >= 11 is 0. The lowest BCUT2D eigenvalue weighted by atomic mass is 10.1. The van der Waals surface area contributed by atoms with Crippen LogP contribution < -0.4 is 9.64 Å². The molecule has 0 N–H and O–H groups in total. The summed E-state index contributed by atoms with van der Waals surface area (Å²) in [7, 11) is 0. The number of carbonyl (C=O) groups excluding carboxylic acids is 2. The highest BCUT2D eigenvalue weighted by atomic mass is 19.3. The van der Waals surface area contributed by atoms with Gasteiger partial charge in [0.1, 0.15) is 5.75 Å². The zero-order chi connectivity index (χ0) is 15.9. The second-order valence-electron chi connectivity index (χ2n) is 4.84. The van der Waals surface area contributed by atoms with E-state index in [4.69, 9.17) is 0 Å². The van der Waals surface area contributed by atoms with E-state index in [-0.39, 0.29) is 22.6 Å². The van der Waals surface area contributed by atoms with E-state index in [1.54, 1.807) is 25.1 Å². The van der Waals surface area contributed by atoms with Crippen molar-refractivity contribution in [1.29, 1.82) is 0 Å². The molecule has 2 amide bonds. The number of hydrogen-bond acceptors (Lipinski definition) is 3. The van der Waals surface area contributed by atoms with E-state index in [9.17, 15) is 18.4 Å². The highest BCUT2D eigenvalue weighted by molar-refractivity contribution is 6.34. The summed E-state index contributed by atoms with van der Waals surface area (Å²) in [6.45, 7) is -1.31. The number of alkyl halides is 2. The molecule has 1 aliphatic heterocycles. The van der Waals surface area contributed by atoms with Gasteiger partial charge in [-0.2, -0.15) is 8.78 Å².